The third kappa shape index (κ3) is 4.06. The van der Waals surface area contributed by atoms with Crippen molar-refractivity contribution in [2.24, 2.45) is 5.92 Å². The Morgan fingerprint density at radius 1 is 1.35 bits per heavy atom. The fourth-order valence-corrected chi connectivity index (χ4v) is 3.19. The van der Waals surface area contributed by atoms with Gasteiger partial charge in [-0.3, -0.25) is 9.69 Å². The molecule has 1 aliphatic heterocycles. The summed E-state index contributed by atoms with van der Waals surface area (Å²) in [6.45, 7) is 2.46. The molecule has 5 nitrogen and oxygen atoms in total. The number of nitrogen functional groups attached to an aromatic ring is 1. The number of benzene rings is 1. The number of hydrogen-bond acceptors (Lipinski definition) is 5. The number of nitrogens with two attached hydrogens (primary N) is 1. The molecule has 0 saturated carbocycles. The first-order chi connectivity index (χ1) is 11.1. The highest BCUT2D eigenvalue weighted by molar-refractivity contribution is 6.31. The Kier molecular flexibility index (Phi) is 4.88. The zero-order valence-electron chi connectivity index (χ0n) is 12.8. The van der Waals surface area contributed by atoms with Gasteiger partial charge in [-0.25, -0.2) is 9.97 Å². The molecule has 2 aromatic rings. The van der Waals surface area contributed by atoms with Crippen LogP contribution in [0, 0.1) is 5.92 Å². The Morgan fingerprint density at radius 2 is 2.13 bits per heavy atom. The van der Waals surface area contributed by atoms with Gasteiger partial charge in [-0.2, -0.15) is 0 Å². The number of rotatable bonds is 4. The third-order valence-corrected chi connectivity index (χ3v) is 4.35. The third-order valence-electron chi connectivity index (χ3n) is 4.12. The van der Waals surface area contributed by atoms with Crippen LogP contribution in [0.3, 0.4) is 0 Å². The molecule has 1 saturated heterocycles. The van der Waals surface area contributed by atoms with Crippen molar-refractivity contribution in [3.63, 3.8) is 0 Å². The summed E-state index contributed by atoms with van der Waals surface area (Å²) < 4.78 is 0. The molecule has 1 atom stereocenters. The number of likely N-dealkylation sites (tertiary alicyclic amines) is 1. The lowest BCUT2D eigenvalue weighted by Gasteiger charge is -2.31. The average molecular weight is 331 g/mol. The molecule has 1 fully saturated rings. The highest BCUT2D eigenvalue weighted by Gasteiger charge is 2.26. The smallest absolute Gasteiger partial charge is 0.219 e. The summed E-state index contributed by atoms with van der Waals surface area (Å²) in [4.78, 5) is 23.0. The second kappa shape index (κ2) is 7.06. The molecule has 6 heteroatoms. The van der Waals surface area contributed by atoms with Crippen molar-refractivity contribution in [3.8, 4) is 0 Å². The number of halogens is 1. The monoisotopic (exact) mass is 330 g/mol. The van der Waals surface area contributed by atoms with Gasteiger partial charge < -0.3 is 5.73 Å². The molecule has 0 amide bonds. The van der Waals surface area contributed by atoms with Gasteiger partial charge in [0, 0.05) is 47.6 Å². The maximum absolute atomic E-state index is 12.7. The molecule has 1 aromatic carbocycles. The molecule has 1 aromatic heterocycles. The lowest BCUT2D eigenvalue weighted by molar-refractivity contribution is 0.0811. The van der Waals surface area contributed by atoms with Crippen molar-refractivity contribution in [2.75, 3.05) is 18.8 Å². The summed E-state index contributed by atoms with van der Waals surface area (Å²) in [5, 5.41) is 0.600. The van der Waals surface area contributed by atoms with Gasteiger partial charge in [-0.05, 0) is 31.5 Å². The van der Waals surface area contributed by atoms with Crippen molar-refractivity contribution < 1.29 is 4.79 Å². The van der Waals surface area contributed by atoms with E-state index in [9.17, 15) is 4.79 Å². The van der Waals surface area contributed by atoms with Gasteiger partial charge in [0.15, 0.2) is 5.78 Å². The molecule has 0 spiro atoms. The fraction of sp³-hybridized carbons (Fsp3) is 0.353. The summed E-state index contributed by atoms with van der Waals surface area (Å²) in [5.74, 6) is 0.462. The molecule has 23 heavy (non-hydrogen) atoms. The van der Waals surface area contributed by atoms with Crippen LogP contribution in [0.25, 0.3) is 0 Å². The normalized spacial score (nSPS) is 18.7. The molecule has 120 valence electrons. The van der Waals surface area contributed by atoms with Crippen molar-refractivity contribution >= 4 is 23.3 Å². The van der Waals surface area contributed by atoms with Crippen molar-refractivity contribution in [1.29, 1.82) is 0 Å². The van der Waals surface area contributed by atoms with Crippen LogP contribution in [0.4, 0.5) is 5.95 Å². The Hall–Kier alpha value is -1.98. The second-order valence-electron chi connectivity index (χ2n) is 5.90. The van der Waals surface area contributed by atoms with Crippen molar-refractivity contribution in [2.45, 2.75) is 19.4 Å². The number of hydrogen-bond donors (Lipinski definition) is 1. The summed E-state index contributed by atoms with van der Waals surface area (Å²) in [7, 11) is 0. The maximum Gasteiger partial charge on any atom is 0.219 e. The summed E-state index contributed by atoms with van der Waals surface area (Å²) >= 11 is 5.99. The Bertz CT molecular complexity index is 689. The van der Waals surface area contributed by atoms with Crippen LogP contribution >= 0.6 is 11.6 Å². The van der Waals surface area contributed by atoms with Crippen LogP contribution < -0.4 is 5.73 Å². The number of carbonyl (C=O) groups excluding carboxylic acids is 1. The van der Waals surface area contributed by atoms with E-state index in [-0.39, 0.29) is 17.6 Å². The molecular weight excluding hydrogens is 312 g/mol. The first kappa shape index (κ1) is 15.9. The number of nitrogens with zero attached hydrogens (tertiary/aromatic N) is 3. The van der Waals surface area contributed by atoms with Gasteiger partial charge in [0.1, 0.15) is 0 Å². The van der Waals surface area contributed by atoms with Crippen LogP contribution in [-0.2, 0) is 6.54 Å². The molecule has 1 unspecified atom stereocenters. The quantitative estimate of drug-likeness (QED) is 0.873. The standard InChI is InChI=1S/C17H19ClN4O/c18-15-5-1-3-13(7-15)16(23)14-4-2-6-22(11-14)10-12-8-20-17(19)21-9-12/h1,3,5,7-9,14H,2,4,6,10-11H2,(H2,19,20,21). The second-order valence-corrected chi connectivity index (χ2v) is 6.33. The predicted octanol–water partition coefficient (Wildman–Crippen LogP) is 2.81. The summed E-state index contributed by atoms with van der Waals surface area (Å²) in [6.07, 6.45) is 5.41. The highest BCUT2D eigenvalue weighted by atomic mass is 35.5. The van der Waals surface area contributed by atoms with E-state index < -0.39 is 0 Å². The molecule has 3 rings (SSSR count). The van der Waals surface area contributed by atoms with E-state index in [1.165, 1.54) is 0 Å². The number of ketones is 1. The van der Waals surface area contributed by atoms with Crippen LogP contribution in [0.15, 0.2) is 36.7 Å². The lowest BCUT2D eigenvalue weighted by atomic mass is 9.90. The van der Waals surface area contributed by atoms with E-state index >= 15 is 0 Å². The van der Waals surface area contributed by atoms with Gasteiger partial charge in [-0.1, -0.05) is 23.7 Å². The zero-order chi connectivity index (χ0) is 16.2. The predicted molar refractivity (Wildman–Crippen MR) is 90.2 cm³/mol. The molecule has 2 N–H and O–H groups in total. The van der Waals surface area contributed by atoms with E-state index in [1.54, 1.807) is 24.5 Å². The van der Waals surface area contributed by atoms with Crippen LogP contribution in [0.1, 0.15) is 28.8 Å². The van der Waals surface area contributed by atoms with Gasteiger partial charge in [0.25, 0.3) is 0 Å². The fourth-order valence-electron chi connectivity index (χ4n) is 3.00. The first-order valence-electron chi connectivity index (χ1n) is 7.70. The molecule has 0 radical (unpaired) electrons. The van der Waals surface area contributed by atoms with E-state index in [1.807, 2.05) is 12.1 Å². The van der Waals surface area contributed by atoms with Crippen LogP contribution in [-0.4, -0.2) is 33.7 Å². The SMILES string of the molecule is Nc1ncc(CN2CCCC(C(=O)c3cccc(Cl)c3)C2)cn1. The highest BCUT2D eigenvalue weighted by Crippen LogP contribution is 2.23. The Labute approximate surface area is 140 Å². The number of carbonyl (C=O) groups is 1. The molecule has 0 aliphatic carbocycles. The lowest BCUT2D eigenvalue weighted by Crippen LogP contribution is -2.38. The minimum Gasteiger partial charge on any atom is -0.368 e. The van der Waals surface area contributed by atoms with Gasteiger partial charge >= 0.3 is 0 Å². The number of anilines is 1. The van der Waals surface area contributed by atoms with E-state index in [2.05, 4.69) is 14.9 Å². The minimum absolute atomic E-state index is 0.0110. The summed E-state index contributed by atoms with van der Waals surface area (Å²) in [5.41, 5.74) is 7.21. The summed E-state index contributed by atoms with van der Waals surface area (Å²) in [6, 6.07) is 7.19. The van der Waals surface area contributed by atoms with Crippen LogP contribution in [0.5, 0.6) is 0 Å². The number of aromatic nitrogens is 2. The van der Waals surface area contributed by atoms with Crippen molar-refractivity contribution in [1.82, 2.24) is 14.9 Å². The largest absolute Gasteiger partial charge is 0.368 e. The number of piperidine rings is 1. The van der Waals surface area contributed by atoms with Gasteiger partial charge in [0.2, 0.25) is 5.95 Å². The molecule has 1 aliphatic rings. The molecular formula is C17H19ClN4O. The van der Waals surface area contributed by atoms with E-state index in [4.69, 9.17) is 17.3 Å². The maximum atomic E-state index is 12.7. The van der Waals surface area contributed by atoms with Crippen LogP contribution in [0.2, 0.25) is 5.02 Å². The minimum atomic E-state index is 0.0110. The van der Waals surface area contributed by atoms with Gasteiger partial charge in [0.05, 0.1) is 0 Å². The first-order valence-corrected chi connectivity index (χ1v) is 8.08. The van der Waals surface area contributed by atoms with E-state index in [0.29, 0.717) is 10.6 Å². The topological polar surface area (TPSA) is 72.1 Å². The van der Waals surface area contributed by atoms with E-state index in [0.717, 1.165) is 38.0 Å². The van der Waals surface area contributed by atoms with Gasteiger partial charge in [-0.15, -0.1) is 0 Å². The molecule has 0 bridgehead atoms. The number of Topliss-reactive ketones (excluding diaryl/α,β-unsaturated/α-hetero) is 1. The molecule has 2 heterocycles. The zero-order valence-corrected chi connectivity index (χ0v) is 13.5. The van der Waals surface area contributed by atoms with Crippen molar-refractivity contribution in [3.05, 3.63) is 52.8 Å². The average Bonchev–Trinajstić information content (AvgIpc) is 2.56. The Morgan fingerprint density at radius 3 is 2.87 bits per heavy atom. The Balaban J connectivity index is 1.66.